The SMILES string of the molecule is CCc1ccc(CN2CCc3nc(C4CCCCC4)ncc3C2)o1. The third kappa shape index (κ3) is 3.39. The molecule has 4 heteroatoms. The zero-order valence-corrected chi connectivity index (χ0v) is 14.6. The molecule has 128 valence electrons. The summed E-state index contributed by atoms with van der Waals surface area (Å²) in [6.45, 7) is 4.99. The number of hydrogen-bond acceptors (Lipinski definition) is 4. The van der Waals surface area contributed by atoms with Crippen LogP contribution in [-0.4, -0.2) is 21.4 Å². The lowest BCUT2D eigenvalue weighted by Gasteiger charge is -2.28. The van der Waals surface area contributed by atoms with Gasteiger partial charge in [-0.1, -0.05) is 26.2 Å². The highest BCUT2D eigenvalue weighted by molar-refractivity contribution is 5.22. The van der Waals surface area contributed by atoms with Gasteiger partial charge in [0, 0.05) is 49.3 Å². The van der Waals surface area contributed by atoms with Crippen LogP contribution in [0.3, 0.4) is 0 Å². The molecule has 0 atom stereocenters. The summed E-state index contributed by atoms with van der Waals surface area (Å²) < 4.78 is 5.85. The number of aryl methyl sites for hydroxylation is 1. The summed E-state index contributed by atoms with van der Waals surface area (Å²) in [5.41, 5.74) is 2.57. The van der Waals surface area contributed by atoms with Gasteiger partial charge < -0.3 is 4.42 Å². The molecule has 0 saturated heterocycles. The van der Waals surface area contributed by atoms with Crippen molar-refractivity contribution in [3.63, 3.8) is 0 Å². The number of furan rings is 1. The monoisotopic (exact) mass is 325 g/mol. The highest BCUT2D eigenvalue weighted by atomic mass is 16.3. The second kappa shape index (κ2) is 7.06. The standard InChI is InChI=1S/C20H27N3O/c1-2-17-8-9-18(24-17)14-23-11-10-19-16(13-23)12-21-20(22-19)15-6-4-3-5-7-15/h8-9,12,15H,2-7,10-11,13-14H2,1H3. The molecule has 0 amide bonds. The van der Waals surface area contributed by atoms with Crippen LogP contribution >= 0.6 is 0 Å². The molecule has 0 bridgehead atoms. The van der Waals surface area contributed by atoms with E-state index in [0.717, 1.165) is 49.8 Å². The molecule has 24 heavy (non-hydrogen) atoms. The average molecular weight is 325 g/mol. The second-order valence-electron chi connectivity index (χ2n) is 7.22. The van der Waals surface area contributed by atoms with Gasteiger partial charge in [0.15, 0.2) is 0 Å². The van der Waals surface area contributed by atoms with E-state index in [2.05, 4.69) is 30.2 Å². The first kappa shape index (κ1) is 15.8. The van der Waals surface area contributed by atoms with E-state index in [1.165, 1.54) is 43.4 Å². The van der Waals surface area contributed by atoms with Crippen molar-refractivity contribution >= 4 is 0 Å². The number of fused-ring (bicyclic) bond motifs is 1. The van der Waals surface area contributed by atoms with Crippen LogP contribution in [0.4, 0.5) is 0 Å². The molecule has 0 unspecified atom stereocenters. The number of rotatable bonds is 4. The fourth-order valence-electron chi connectivity index (χ4n) is 4.00. The van der Waals surface area contributed by atoms with Gasteiger partial charge in [0.25, 0.3) is 0 Å². The minimum atomic E-state index is 0.595. The normalized spacial score (nSPS) is 19.4. The van der Waals surface area contributed by atoms with E-state index in [4.69, 9.17) is 14.4 Å². The quantitative estimate of drug-likeness (QED) is 0.843. The Morgan fingerprint density at radius 3 is 2.79 bits per heavy atom. The summed E-state index contributed by atoms with van der Waals surface area (Å²) >= 11 is 0. The van der Waals surface area contributed by atoms with Gasteiger partial charge in [-0.3, -0.25) is 4.90 Å². The van der Waals surface area contributed by atoms with Gasteiger partial charge in [-0.25, -0.2) is 9.97 Å². The van der Waals surface area contributed by atoms with Gasteiger partial charge in [-0.2, -0.15) is 0 Å². The minimum absolute atomic E-state index is 0.595. The third-order valence-corrected chi connectivity index (χ3v) is 5.45. The zero-order valence-electron chi connectivity index (χ0n) is 14.6. The Kier molecular flexibility index (Phi) is 4.65. The lowest BCUT2D eigenvalue weighted by molar-refractivity contribution is 0.221. The van der Waals surface area contributed by atoms with Crippen molar-refractivity contribution < 1.29 is 4.42 Å². The molecule has 4 rings (SSSR count). The van der Waals surface area contributed by atoms with Crippen molar-refractivity contribution in [1.29, 1.82) is 0 Å². The minimum Gasteiger partial charge on any atom is -0.465 e. The molecule has 1 saturated carbocycles. The van der Waals surface area contributed by atoms with Crippen molar-refractivity contribution in [1.82, 2.24) is 14.9 Å². The Bertz CT molecular complexity index is 688. The molecule has 1 aliphatic carbocycles. The average Bonchev–Trinajstić information content (AvgIpc) is 3.09. The van der Waals surface area contributed by atoms with Gasteiger partial charge in [0.05, 0.1) is 6.54 Å². The molecule has 2 aromatic rings. The fourth-order valence-corrected chi connectivity index (χ4v) is 4.00. The third-order valence-electron chi connectivity index (χ3n) is 5.45. The topological polar surface area (TPSA) is 42.2 Å². The first-order chi connectivity index (χ1) is 11.8. The van der Waals surface area contributed by atoms with Crippen LogP contribution in [0.15, 0.2) is 22.7 Å². The number of nitrogens with zero attached hydrogens (tertiary/aromatic N) is 3. The second-order valence-corrected chi connectivity index (χ2v) is 7.22. The Labute approximate surface area is 144 Å². The maximum atomic E-state index is 5.85. The number of aromatic nitrogens is 2. The van der Waals surface area contributed by atoms with E-state index in [1.807, 2.05) is 0 Å². The molecule has 2 aromatic heterocycles. The highest BCUT2D eigenvalue weighted by Crippen LogP contribution is 2.31. The maximum Gasteiger partial charge on any atom is 0.131 e. The molecule has 3 heterocycles. The maximum absolute atomic E-state index is 5.85. The summed E-state index contributed by atoms with van der Waals surface area (Å²) in [7, 11) is 0. The first-order valence-electron chi connectivity index (χ1n) is 9.46. The molecular formula is C20H27N3O. The molecule has 2 aliphatic rings. The zero-order chi connectivity index (χ0) is 16.4. The van der Waals surface area contributed by atoms with Crippen LogP contribution < -0.4 is 0 Å². The van der Waals surface area contributed by atoms with E-state index < -0.39 is 0 Å². The van der Waals surface area contributed by atoms with Crippen LogP contribution in [-0.2, 0) is 25.9 Å². The Hall–Kier alpha value is -1.68. The van der Waals surface area contributed by atoms with Crippen LogP contribution in [0.25, 0.3) is 0 Å². The van der Waals surface area contributed by atoms with Gasteiger partial charge in [0.2, 0.25) is 0 Å². The lowest BCUT2D eigenvalue weighted by atomic mass is 9.88. The van der Waals surface area contributed by atoms with E-state index in [1.54, 1.807) is 0 Å². The first-order valence-corrected chi connectivity index (χ1v) is 9.46. The van der Waals surface area contributed by atoms with Crippen molar-refractivity contribution in [2.75, 3.05) is 6.54 Å². The largest absolute Gasteiger partial charge is 0.465 e. The molecule has 0 aromatic carbocycles. The van der Waals surface area contributed by atoms with Crippen LogP contribution in [0, 0.1) is 0 Å². The van der Waals surface area contributed by atoms with Gasteiger partial charge in [-0.15, -0.1) is 0 Å². The Morgan fingerprint density at radius 2 is 2.00 bits per heavy atom. The predicted octanol–water partition coefficient (Wildman–Crippen LogP) is 4.24. The summed E-state index contributed by atoms with van der Waals surface area (Å²) in [5, 5.41) is 0. The molecule has 0 N–H and O–H groups in total. The van der Waals surface area contributed by atoms with E-state index in [0.29, 0.717) is 5.92 Å². The molecular weight excluding hydrogens is 298 g/mol. The molecule has 1 fully saturated rings. The van der Waals surface area contributed by atoms with Gasteiger partial charge >= 0.3 is 0 Å². The van der Waals surface area contributed by atoms with Crippen LogP contribution in [0.5, 0.6) is 0 Å². The van der Waals surface area contributed by atoms with Crippen LogP contribution in [0.1, 0.15) is 73.5 Å². The van der Waals surface area contributed by atoms with Crippen molar-refractivity contribution in [2.45, 2.75) is 70.9 Å². The van der Waals surface area contributed by atoms with Gasteiger partial charge in [-0.05, 0) is 25.0 Å². The molecule has 1 aliphatic heterocycles. The summed E-state index contributed by atoms with van der Waals surface area (Å²) in [6, 6.07) is 4.20. The summed E-state index contributed by atoms with van der Waals surface area (Å²) in [6.07, 6.45) is 10.6. The van der Waals surface area contributed by atoms with Crippen molar-refractivity contribution in [2.24, 2.45) is 0 Å². The Morgan fingerprint density at radius 1 is 1.17 bits per heavy atom. The Balaban J connectivity index is 1.43. The lowest BCUT2D eigenvalue weighted by Crippen LogP contribution is -2.31. The predicted molar refractivity (Wildman–Crippen MR) is 93.8 cm³/mol. The van der Waals surface area contributed by atoms with Gasteiger partial charge in [0.1, 0.15) is 17.3 Å². The van der Waals surface area contributed by atoms with Crippen LogP contribution in [0.2, 0.25) is 0 Å². The number of hydrogen-bond donors (Lipinski definition) is 0. The summed E-state index contributed by atoms with van der Waals surface area (Å²) in [4.78, 5) is 12.1. The van der Waals surface area contributed by atoms with E-state index in [9.17, 15) is 0 Å². The molecule has 0 spiro atoms. The molecule has 4 nitrogen and oxygen atoms in total. The van der Waals surface area contributed by atoms with Crippen molar-refractivity contribution in [3.05, 3.63) is 46.9 Å². The summed E-state index contributed by atoms with van der Waals surface area (Å²) in [5.74, 6) is 3.83. The van der Waals surface area contributed by atoms with E-state index >= 15 is 0 Å². The van der Waals surface area contributed by atoms with E-state index in [-0.39, 0.29) is 0 Å². The molecule has 0 radical (unpaired) electrons. The smallest absolute Gasteiger partial charge is 0.131 e. The van der Waals surface area contributed by atoms with Crippen molar-refractivity contribution in [3.8, 4) is 0 Å². The highest BCUT2D eigenvalue weighted by Gasteiger charge is 2.23. The fraction of sp³-hybridized carbons (Fsp3) is 0.600.